The molecular formula is C16H15N3O4. The Morgan fingerprint density at radius 1 is 0.957 bits per heavy atom. The van der Waals surface area contributed by atoms with Crippen LogP contribution in [0.1, 0.15) is 20.7 Å². The van der Waals surface area contributed by atoms with Gasteiger partial charge < -0.3 is 20.5 Å². The van der Waals surface area contributed by atoms with E-state index in [0.717, 1.165) is 0 Å². The minimum atomic E-state index is -0.537. The number of hydrogen-bond donors (Lipinski definition) is 3. The van der Waals surface area contributed by atoms with E-state index >= 15 is 0 Å². The minimum Gasteiger partial charge on any atom is -0.465 e. The number of methoxy groups -OCH3 is 1. The molecular weight excluding hydrogens is 298 g/mol. The average Bonchev–Trinajstić information content (AvgIpc) is 2.55. The maximum Gasteiger partial charge on any atom is 0.343 e. The number of anilines is 1. The lowest BCUT2D eigenvalue weighted by molar-refractivity contribution is 0.0600. The Balaban J connectivity index is 2.03. The van der Waals surface area contributed by atoms with Crippen LogP contribution in [0.3, 0.4) is 0 Å². The third-order valence-electron chi connectivity index (χ3n) is 2.89. The molecule has 4 N–H and O–H groups in total. The van der Waals surface area contributed by atoms with Crippen molar-refractivity contribution in [2.75, 3.05) is 12.4 Å². The Hall–Kier alpha value is -3.35. The third-order valence-corrected chi connectivity index (χ3v) is 2.89. The van der Waals surface area contributed by atoms with E-state index in [4.69, 9.17) is 15.9 Å². The molecule has 0 aliphatic carbocycles. The quantitative estimate of drug-likeness (QED) is 0.344. The molecule has 2 aromatic rings. The Kier molecular flexibility index (Phi) is 4.93. The fourth-order valence-electron chi connectivity index (χ4n) is 1.79. The maximum atomic E-state index is 12.0. The van der Waals surface area contributed by atoms with Crippen molar-refractivity contribution in [3.63, 3.8) is 0 Å². The molecule has 7 heteroatoms. The van der Waals surface area contributed by atoms with Gasteiger partial charge in [0.1, 0.15) is 5.75 Å². The van der Waals surface area contributed by atoms with Gasteiger partial charge in [-0.15, -0.1) is 0 Å². The molecule has 0 aromatic heterocycles. The summed E-state index contributed by atoms with van der Waals surface area (Å²) in [4.78, 5) is 23.3. The van der Waals surface area contributed by atoms with Gasteiger partial charge in [0.05, 0.1) is 18.2 Å². The molecule has 0 saturated heterocycles. The normalized spacial score (nSPS) is 9.78. The maximum absolute atomic E-state index is 12.0. The molecule has 7 nitrogen and oxygen atoms in total. The van der Waals surface area contributed by atoms with Crippen molar-refractivity contribution in [3.05, 3.63) is 59.7 Å². The largest absolute Gasteiger partial charge is 0.465 e. The number of nitrogens with one attached hydrogen (secondary N) is 2. The van der Waals surface area contributed by atoms with E-state index in [1.54, 1.807) is 24.3 Å². The molecule has 118 valence electrons. The van der Waals surface area contributed by atoms with Gasteiger partial charge in [-0.3, -0.25) is 5.41 Å². The molecule has 0 spiro atoms. The first-order valence-electron chi connectivity index (χ1n) is 6.61. The molecule has 0 bridgehead atoms. The molecule has 0 atom stereocenters. The van der Waals surface area contributed by atoms with Crippen LogP contribution in [-0.4, -0.2) is 25.0 Å². The Morgan fingerprint density at radius 3 is 2.00 bits per heavy atom. The highest BCUT2D eigenvalue weighted by atomic mass is 16.5. The van der Waals surface area contributed by atoms with Gasteiger partial charge in [-0.1, -0.05) is 0 Å². The number of guanidine groups is 1. The summed E-state index contributed by atoms with van der Waals surface area (Å²) in [5, 5.41) is 9.73. The summed E-state index contributed by atoms with van der Waals surface area (Å²) in [6.07, 6.45) is 0. The van der Waals surface area contributed by atoms with Gasteiger partial charge in [0.25, 0.3) is 0 Å². The van der Waals surface area contributed by atoms with Crippen molar-refractivity contribution in [2.24, 2.45) is 5.73 Å². The minimum absolute atomic E-state index is 0.189. The molecule has 0 radical (unpaired) electrons. The molecule has 23 heavy (non-hydrogen) atoms. The summed E-state index contributed by atoms with van der Waals surface area (Å²) < 4.78 is 9.80. The summed E-state index contributed by atoms with van der Waals surface area (Å²) >= 11 is 0. The molecule has 0 fully saturated rings. The Bertz CT molecular complexity index is 724. The first-order chi connectivity index (χ1) is 11.0. The van der Waals surface area contributed by atoms with Crippen molar-refractivity contribution < 1.29 is 19.1 Å². The first-order valence-corrected chi connectivity index (χ1v) is 6.61. The zero-order valence-corrected chi connectivity index (χ0v) is 12.3. The van der Waals surface area contributed by atoms with Crippen molar-refractivity contribution in [1.82, 2.24) is 0 Å². The van der Waals surface area contributed by atoms with Crippen molar-refractivity contribution >= 4 is 23.6 Å². The second-order valence-corrected chi connectivity index (χ2v) is 4.52. The number of carbonyl (C=O) groups excluding carboxylic acids is 2. The van der Waals surface area contributed by atoms with Crippen LogP contribution in [0.25, 0.3) is 0 Å². The second-order valence-electron chi connectivity index (χ2n) is 4.52. The number of carbonyl (C=O) groups is 2. The second kappa shape index (κ2) is 7.08. The smallest absolute Gasteiger partial charge is 0.343 e. The van der Waals surface area contributed by atoms with Crippen LogP contribution in [0.2, 0.25) is 0 Å². The topological polar surface area (TPSA) is 114 Å². The summed E-state index contributed by atoms with van der Waals surface area (Å²) in [6, 6.07) is 12.4. The van der Waals surface area contributed by atoms with Gasteiger partial charge in [-0.2, -0.15) is 0 Å². The van der Waals surface area contributed by atoms with Gasteiger partial charge >= 0.3 is 11.9 Å². The van der Waals surface area contributed by atoms with E-state index in [0.29, 0.717) is 22.6 Å². The van der Waals surface area contributed by atoms with Gasteiger partial charge in [-0.25, -0.2) is 9.59 Å². The number of rotatable bonds is 4. The van der Waals surface area contributed by atoms with E-state index in [2.05, 4.69) is 10.1 Å². The van der Waals surface area contributed by atoms with Crippen LogP contribution in [0.15, 0.2) is 48.5 Å². The Morgan fingerprint density at radius 2 is 1.48 bits per heavy atom. The van der Waals surface area contributed by atoms with Crippen LogP contribution >= 0.6 is 0 Å². The van der Waals surface area contributed by atoms with Crippen LogP contribution in [0, 0.1) is 5.41 Å². The van der Waals surface area contributed by atoms with Crippen molar-refractivity contribution in [2.45, 2.75) is 0 Å². The molecule has 0 heterocycles. The van der Waals surface area contributed by atoms with E-state index in [9.17, 15) is 9.59 Å². The highest BCUT2D eigenvalue weighted by molar-refractivity contribution is 5.93. The van der Waals surface area contributed by atoms with E-state index in [1.807, 2.05) is 0 Å². The number of hydrogen-bond acceptors (Lipinski definition) is 5. The lowest BCUT2D eigenvalue weighted by Gasteiger charge is -2.07. The predicted octanol–water partition coefficient (Wildman–Crippen LogP) is 2.00. The fraction of sp³-hybridized carbons (Fsp3) is 0.0625. The standard InChI is InChI=1S/C16H15N3O4/c1-22-14(20)10-4-8-13(9-5-10)23-15(21)11-2-6-12(7-3-11)19-16(17)18/h2-9H,1H3,(H4,17,18,19). The summed E-state index contributed by atoms with van der Waals surface area (Å²) in [5.41, 5.74) is 6.52. The predicted molar refractivity (Wildman–Crippen MR) is 84.7 cm³/mol. The monoisotopic (exact) mass is 313 g/mol. The first kappa shape index (κ1) is 16.0. The van der Waals surface area contributed by atoms with Gasteiger partial charge in [0.2, 0.25) is 0 Å². The van der Waals surface area contributed by atoms with Crippen LogP contribution in [0.4, 0.5) is 5.69 Å². The number of nitrogens with two attached hydrogens (primary N) is 1. The van der Waals surface area contributed by atoms with E-state index in [-0.39, 0.29) is 5.96 Å². The number of ether oxygens (including phenoxy) is 2. The van der Waals surface area contributed by atoms with Gasteiger partial charge in [0.15, 0.2) is 5.96 Å². The molecule has 0 unspecified atom stereocenters. The third kappa shape index (κ3) is 4.31. The van der Waals surface area contributed by atoms with Crippen LogP contribution in [-0.2, 0) is 4.74 Å². The average molecular weight is 313 g/mol. The molecule has 0 saturated carbocycles. The number of esters is 2. The molecule has 2 aromatic carbocycles. The van der Waals surface area contributed by atoms with Crippen molar-refractivity contribution in [3.8, 4) is 5.75 Å². The summed E-state index contributed by atoms with van der Waals surface area (Å²) in [5.74, 6) is -0.874. The van der Waals surface area contributed by atoms with E-state index in [1.165, 1.54) is 31.4 Å². The summed E-state index contributed by atoms with van der Waals surface area (Å²) in [7, 11) is 1.29. The van der Waals surface area contributed by atoms with Crippen molar-refractivity contribution in [1.29, 1.82) is 5.41 Å². The summed E-state index contributed by atoms with van der Waals surface area (Å²) in [6.45, 7) is 0. The number of benzene rings is 2. The molecule has 2 rings (SSSR count). The highest BCUT2D eigenvalue weighted by Gasteiger charge is 2.10. The van der Waals surface area contributed by atoms with Crippen LogP contribution < -0.4 is 15.8 Å². The molecule has 0 aliphatic heterocycles. The molecule has 0 amide bonds. The fourth-order valence-corrected chi connectivity index (χ4v) is 1.79. The molecule has 0 aliphatic rings. The SMILES string of the molecule is COC(=O)c1ccc(OC(=O)c2ccc(NC(=N)N)cc2)cc1. The Labute approximate surface area is 132 Å². The zero-order valence-electron chi connectivity index (χ0n) is 12.3. The van der Waals surface area contributed by atoms with Gasteiger partial charge in [0, 0.05) is 5.69 Å². The highest BCUT2D eigenvalue weighted by Crippen LogP contribution is 2.16. The van der Waals surface area contributed by atoms with E-state index < -0.39 is 11.9 Å². The lowest BCUT2D eigenvalue weighted by Crippen LogP contribution is -2.20. The van der Waals surface area contributed by atoms with Gasteiger partial charge in [-0.05, 0) is 48.5 Å². The zero-order chi connectivity index (χ0) is 16.8. The van der Waals surface area contributed by atoms with Crippen LogP contribution in [0.5, 0.6) is 5.75 Å². The lowest BCUT2D eigenvalue weighted by atomic mass is 10.2.